The van der Waals surface area contributed by atoms with Gasteiger partial charge < -0.3 is 15.0 Å². The third kappa shape index (κ3) is 7.81. The molecule has 1 N–H and O–H groups in total. The Morgan fingerprint density at radius 1 is 1.25 bits per heavy atom. The van der Waals surface area contributed by atoms with E-state index in [1.54, 1.807) is 4.90 Å². The van der Waals surface area contributed by atoms with Crippen molar-refractivity contribution >= 4 is 27.7 Å². The summed E-state index contributed by atoms with van der Waals surface area (Å²) in [6, 6.07) is 7.61. The van der Waals surface area contributed by atoms with E-state index in [-0.39, 0.29) is 23.9 Å². The van der Waals surface area contributed by atoms with Crippen molar-refractivity contribution in [2.45, 2.75) is 46.1 Å². The zero-order valence-electron chi connectivity index (χ0n) is 14.9. The number of rotatable bonds is 8. The standard InChI is InChI=1S/C18H27BrN2O3/c1-5-21(13-16(22)20-18(2,3)4)17(23)11-8-12-24-15-10-7-6-9-14(15)19/h6-7,9-10H,5,8,11-13H2,1-4H3,(H,20,22). The Hall–Kier alpha value is -1.56. The molecule has 0 unspecified atom stereocenters. The van der Waals surface area contributed by atoms with E-state index >= 15 is 0 Å². The highest BCUT2D eigenvalue weighted by molar-refractivity contribution is 9.10. The van der Waals surface area contributed by atoms with Crippen molar-refractivity contribution in [2.24, 2.45) is 0 Å². The largest absolute Gasteiger partial charge is 0.492 e. The molecule has 0 aliphatic carbocycles. The van der Waals surface area contributed by atoms with Crippen LogP contribution < -0.4 is 10.1 Å². The van der Waals surface area contributed by atoms with Gasteiger partial charge in [0.1, 0.15) is 5.75 Å². The van der Waals surface area contributed by atoms with Gasteiger partial charge in [0.15, 0.2) is 0 Å². The lowest BCUT2D eigenvalue weighted by molar-refractivity contribution is -0.136. The molecule has 5 nitrogen and oxygen atoms in total. The number of amides is 2. The average Bonchev–Trinajstić information content (AvgIpc) is 2.48. The summed E-state index contributed by atoms with van der Waals surface area (Å²) < 4.78 is 6.54. The van der Waals surface area contributed by atoms with Crippen LogP contribution in [0.2, 0.25) is 0 Å². The lowest BCUT2D eigenvalue weighted by Gasteiger charge is -2.25. The van der Waals surface area contributed by atoms with E-state index in [1.807, 2.05) is 52.0 Å². The van der Waals surface area contributed by atoms with Gasteiger partial charge in [-0.05, 0) is 62.2 Å². The molecule has 0 fully saturated rings. The van der Waals surface area contributed by atoms with E-state index in [2.05, 4.69) is 21.2 Å². The lowest BCUT2D eigenvalue weighted by atomic mass is 10.1. The maximum atomic E-state index is 12.2. The van der Waals surface area contributed by atoms with Gasteiger partial charge in [-0.2, -0.15) is 0 Å². The van der Waals surface area contributed by atoms with Gasteiger partial charge in [0.25, 0.3) is 0 Å². The number of carbonyl (C=O) groups excluding carboxylic acids is 2. The Bertz CT molecular complexity index is 555. The van der Waals surface area contributed by atoms with Crippen LogP contribution in [0.25, 0.3) is 0 Å². The minimum absolute atomic E-state index is 0.0303. The molecule has 1 aromatic carbocycles. The zero-order chi connectivity index (χ0) is 18.2. The fourth-order valence-corrected chi connectivity index (χ4v) is 2.53. The Labute approximate surface area is 152 Å². The number of carbonyl (C=O) groups is 2. The van der Waals surface area contributed by atoms with Crippen LogP contribution in [0.1, 0.15) is 40.5 Å². The first-order valence-electron chi connectivity index (χ1n) is 8.19. The summed E-state index contributed by atoms with van der Waals surface area (Å²) in [5.74, 6) is 0.598. The number of hydrogen-bond donors (Lipinski definition) is 1. The van der Waals surface area contributed by atoms with Crippen molar-refractivity contribution in [3.8, 4) is 5.75 Å². The summed E-state index contributed by atoms with van der Waals surface area (Å²) in [7, 11) is 0. The van der Waals surface area contributed by atoms with Crippen LogP contribution in [-0.2, 0) is 9.59 Å². The predicted molar refractivity (Wildman–Crippen MR) is 99.0 cm³/mol. The third-order valence-corrected chi connectivity index (χ3v) is 3.87. The highest BCUT2D eigenvalue weighted by Crippen LogP contribution is 2.23. The number of halogens is 1. The molecule has 0 saturated heterocycles. The van der Waals surface area contributed by atoms with Crippen LogP contribution in [0.15, 0.2) is 28.7 Å². The smallest absolute Gasteiger partial charge is 0.240 e. The maximum absolute atomic E-state index is 12.2. The number of hydrogen-bond acceptors (Lipinski definition) is 3. The first kappa shape index (κ1) is 20.5. The molecule has 24 heavy (non-hydrogen) atoms. The number of likely N-dealkylation sites (N-methyl/N-ethyl adjacent to an activating group) is 1. The van der Waals surface area contributed by atoms with Crippen LogP contribution in [-0.4, -0.2) is 41.9 Å². The minimum atomic E-state index is -0.295. The van der Waals surface area contributed by atoms with E-state index < -0.39 is 0 Å². The molecule has 1 rings (SSSR count). The molecule has 0 aromatic heterocycles. The molecule has 0 spiro atoms. The second-order valence-corrected chi connectivity index (χ2v) is 7.44. The van der Waals surface area contributed by atoms with Crippen molar-refractivity contribution < 1.29 is 14.3 Å². The molecule has 6 heteroatoms. The molecular formula is C18H27BrN2O3. The van der Waals surface area contributed by atoms with E-state index in [9.17, 15) is 9.59 Å². The monoisotopic (exact) mass is 398 g/mol. The van der Waals surface area contributed by atoms with E-state index in [1.165, 1.54) is 0 Å². The molecule has 0 radical (unpaired) electrons. The number of ether oxygens (including phenoxy) is 1. The van der Waals surface area contributed by atoms with Crippen molar-refractivity contribution in [1.29, 1.82) is 0 Å². The SMILES string of the molecule is CCN(CC(=O)NC(C)(C)C)C(=O)CCCOc1ccccc1Br. The molecule has 0 atom stereocenters. The number of nitrogens with zero attached hydrogens (tertiary/aromatic N) is 1. The van der Waals surface area contributed by atoms with Crippen LogP contribution in [0.5, 0.6) is 5.75 Å². The summed E-state index contributed by atoms with van der Waals surface area (Å²) in [5, 5.41) is 2.87. The van der Waals surface area contributed by atoms with Gasteiger partial charge in [-0.25, -0.2) is 0 Å². The van der Waals surface area contributed by atoms with Crippen molar-refractivity contribution in [2.75, 3.05) is 19.7 Å². The maximum Gasteiger partial charge on any atom is 0.240 e. The molecular weight excluding hydrogens is 372 g/mol. The summed E-state index contributed by atoms with van der Waals surface area (Å²) in [6.45, 7) is 8.70. The van der Waals surface area contributed by atoms with Gasteiger partial charge in [-0.1, -0.05) is 12.1 Å². The predicted octanol–water partition coefficient (Wildman–Crippen LogP) is 3.37. The van der Waals surface area contributed by atoms with E-state index in [0.29, 0.717) is 26.0 Å². The molecule has 0 aliphatic rings. The fourth-order valence-electron chi connectivity index (χ4n) is 2.13. The van der Waals surface area contributed by atoms with Crippen LogP contribution in [0, 0.1) is 0 Å². The van der Waals surface area contributed by atoms with Gasteiger partial charge in [0.05, 0.1) is 17.6 Å². The highest BCUT2D eigenvalue weighted by atomic mass is 79.9. The van der Waals surface area contributed by atoms with Crippen LogP contribution in [0.3, 0.4) is 0 Å². The van der Waals surface area contributed by atoms with Gasteiger partial charge >= 0.3 is 0 Å². The first-order valence-corrected chi connectivity index (χ1v) is 8.98. The Balaban J connectivity index is 2.36. The van der Waals surface area contributed by atoms with Crippen LogP contribution >= 0.6 is 15.9 Å². The number of para-hydroxylation sites is 1. The van der Waals surface area contributed by atoms with Gasteiger partial charge in [0, 0.05) is 18.5 Å². The van der Waals surface area contributed by atoms with Crippen molar-refractivity contribution in [3.05, 3.63) is 28.7 Å². The summed E-state index contributed by atoms with van der Waals surface area (Å²) in [5.41, 5.74) is -0.295. The zero-order valence-corrected chi connectivity index (χ0v) is 16.5. The number of benzene rings is 1. The fraction of sp³-hybridized carbons (Fsp3) is 0.556. The molecule has 0 bridgehead atoms. The van der Waals surface area contributed by atoms with Gasteiger partial charge in [-0.3, -0.25) is 9.59 Å². The summed E-state index contributed by atoms with van der Waals surface area (Å²) in [4.78, 5) is 25.8. The lowest BCUT2D eigenvalue weighted by Crippen LogP contribution is -2.47. The quantitative estimate of drug-likeness (QED) is 0.682. The summed E-state index contributed by atoms with van der Waals surface area (Å²) >= 11 is 3.42. The topological polar surface area (TPSA) is 58.6 Å². The number of nitrogens with one attached hydrogen (secondary N) is 1. The Kier molecular flexibility index (Phi) is 8.25. The summed E-state index contributed by atoms with van der Waals surface area (Å²) in [6.07, 6.45) is 0.971. The molecule has 0 heterocycles. The average molecular weight is 399 g/mol. The van der Waals surface area contributed by atoms with E-state index in [4.69, 9.17) is 4.74 Å². The molecule has 0 saturated carbocycles. The second kappa shape index (κ2) is 9.67. The molecule has 0 aliphatic heterocycles. The van der Waals surface area contributed by atoms with Crippen molar-refractivity contribution in [3.63, 3.8) is 0 Å². The highest BCUT2D eigenvalue weighted by Gasteiger charge is 2.19. The van der Waals surface area contributed by atoms with Gasteiger partial charge in [-0.15, -0.1) is 0 Å². The van der Waals surface area contributed by atoms with E-state index in [0.717, 1.165) is 10.2 Å². The molecule has 2 amide bonds. The minimum Gasteiger partial charge on any atom is -0.492 e. The van der Waals surface area contributed by atoms with Crippen molar-refractivity contribution in [1.82, 2.24) is 10.2 Å². The van der Waals surface area contributed by atoms with Gasteiger partial charge in [0.2, 0.25) is 11.8 Å². The Morgan fingerprint density at radius 2 is 1.92 bits per heavy atom. The Morgan fingerprint density at radius 3 is 2.50 bits per heavy atom. The third-order valence-electron chi connectivity index (χ3n) is 3.21. The normalized spacial score (nSPS) is 11.0. The molecule has 134 valence electrons. The first-order chi connectivity index (χ1) is 11.2. The molecule has 1 aromatic rings. The second-order valence-electron chi connectivity index (χ2n) is 6.59. The van der Waals surface area contributed by atoms with Crippen LogP contribution in [0.4, 0.5) is 0 Å².